The van der Waals surface area contributed by atoms with Crippen molar-refractivity contribution in [1.29, 1.82) is 0 Å². The lowest BCUT2D eigenvalue weighted by Crippen LogP contribution is -1.86. The van der Waals surface area contributed by atoms with Crippen LogP contribution in [0.3, 0.4) is 0 Å². The summed E-state index contributed by atoms with van der Waals surface area (Å²) in [5.74, 6) is 0. The minimum absolute atomic E-state index is 1.27. The van der Waals surface area contributed by atoms with Gasteiger partial charge in [-0.05, 0) is 147 Å². The van der Waals surface area contributed by atoms with Crippen LogP contribution in [-0.4, -0.2) is 0 Å². The van der Waals surface area contributed by atoms with E-state index < -0.39 is 0 Å². The van der Waals surface area contributed by atoms with Crippen molar-refractivity contribution in [2.45, 2.75) is 0 Å². The lowest BCUT2D eigenvalue weighted by molar-refractivity contribution is 1.71. The van der Waals surface area contributed by atoms with Crippen LogP contribution >= 0.6 is 0 Å². The van der Waals surface area contributed by atoms with Gasteiger partial charge in [-0.25, -0.2) is 0 Å². The molecule has 0 fully saturated rings. The first kappa shape index (κ1) is 21.7. The Bertz CT molecular complexity index is 2480. The Kier molecular flexibility index (Phi) is 4.42. The van der Waals surface area contributed by atoms with Gasteiger partial charge >= 0.3 is 0 Å². The maximum Gasteiger partial charge on any atom is -0.00988 e. The summed E-state index contributed by atoms with van der Waals surface area (Å²) in [6, 6.07) is 54.1. The normalized spacial score (nSPS) is 12.0. The number of hydrogen-bond donors (Lipinski definition) is 0. The van der Waals surface area contributed by atoms with Crippen LogP contribution in [0.1, 0.15) is 0 Å². The lowest BCUT2D eigenvalue weighted by atomic mass is 9.90. The molecule has 0 radical (unpaired) electrons. The Balaban J connectivity index is 1.30. The van der Waals surface area contributed by atoms with E-state index in [-0.39, 0.29) is 0 Å². The summed E-state index contributed by atoms with van der Waals surface area (Å²) in [4.78, 5) is 0. The van der Waals surface area contributed by atoms with Crippen LogP contribution in [0.15, 0.2) is 146 Å². The van der Waals surface area contributed by atoms with E-state index in [4.69, 9.17) is 0 Å². The molecule has 0 saturated heterocycles. The molecule has 0 heteroatoms. The molecule has 0 aliphatic heterocycles. The first-order chi connectivity index (χ1) is 19.8. The highest BCUT2D eigenvalue weighted by molar-refractivity contribution is 6.14. The molecule has 0 heterocycles. The molecule has 0 aliphatic rings. The number of benzene rings is 9. The van der Waals surface area contributed by atoms with Crippen molar-refractivity contribution < 1.29 is 0 Å². The maximum absolute atomic E-state index is 2.39. The molecule has 0 N–H and O–H groups in total. The second-order valence-electron chi connectivity index (χ2n) is 11.1. The largest absolute Gasteiger partial charge is 0.0616 e. The first-order valence-corrected chi connectivity index (χ1v) is 13.9. The summed E-state index contributed by atoms with van der Waals surface area (Å²) in [6.45, 7) is 0. The molecule has 40 heavy (non-hydrogen) atoms. The average Bonchev–Trinajstić information content (AvgIpc) is 2.99. The van der Waals surface area contributed by atoms with Crippen molar-refractivity contribution in [2.75, 3.05) is 0 Å². The van der Waals surface area contributed by atoms with Crippen molar-refractivity contribution in [3.63, 3.8) is 0 Å². The summed E-state index contributed by atoms with van der Waals surface area (Å²) in [5, 5.41) is 18.0. The van der Waals surface area contributed by atoms with E-state index in [1.54, 1.807) is 0 Å². The zero-order valence-corrected chi connectivity index (χ0v) is 21.9. The lowest BCUT2D eigenvalue weighted by Gasteiger charge is -2.13. The second kappa shape index (κ2) is 8.15. The Morgan fingerprint density at radius 2 is 0.475 bits per heavy atom. The van der Waals surface area contributed by atoms with Gasteiger partial charge in [0.05, 0.1) is 0 Å². The fraction of sp³-hybridized carbons (Fsp3) is 0. The van der Waals surface area contributed by atoms with Gasteiger partial charge in [0.25, 0.3) is 0 Å². The van der Waals surface area contributed by atoms with Gasteiger partial charge in [-0.3, -0.25) is 0 Å². The molecule has 0 aromatic heterocycles. The molecule has 0 bridgehead atoms. The third kappa shape index (κ3) is 3.26. The summed E-state index contributed by atoms with van der Waals surface area (Å²) in [5.41, 5.74) is 2.56. The van der Waals surface area contributed by atoms with Gasteiger partial charge in [-0.15, -0.1) is 0 Å². The Morgan fingerprint density at radius 1 is 0.200 bits per heavy atom. The zero-order valence-electron chi connectivity index (χ0n) is 21.9. The standard InChI is InChI=1S/C40H24/c1-2-9-27-17-33-22-36-24-40-30(20-34(36)21-32(33)16-26(27)8-1)12-6-14-38(40)37-13-5-11-29-19-31-15-25-7-3-4-10-28(25)18-35(31)23-39(29)37/h1-24H. The van der Waals surface area contributed by atoms with Crippen LogP contribution < -0.4 is 0 Å². The highest BCUT2D eigenvalue weighted by Gasteiger charge is 2.11. The Labute approximate surface area is 231 Å². The molecular formula is C40H24. The van der Waals surface area contributed by atoms with E-state index in [2.05, 4.69) is 146 Å². The van der Waals surface area contributed by atoms with Crippen LogP contribution in [0.25, 0.3) is 86.5 Å². The second-order valence-corrected chi connectivity index (χ2v) is 11.1. The van der Waals surface area contributed by atoms with E-state index in [0.29, 0.717) is 0 Å². The predicted molar refractivity (Wildman–Crippen MR) is 174 cm³/mol. The summed E-state index contributed by atoms with van der Waals surface area (Å²) in [7, 11) is 0. The van der Waals surface area contributed by atoms with E-state index in [1.165, 1.54) is 86.5 Å². The third-order valence-corrected chi connectivity index (χ3v) is 8.65. The molecule has 184 valence electrons. The monoisotopic (exact) mass is 504 g/mol. The first-order valence-electron chi connectivity index (χ1n) is 13.9. The van der Waals surface area contributed by atoms with Crippen LogP contribution in [0.4, 0.5) is 0 Å². The van der Waals surface area contributed by atoms with Gasteiger partial charge in [0.2, 0.25) is 0 Å². The SMILES string of the molecule is c1ccc2cc3cc4cc5c(-c6cccc7cc8cc9ccccc9cc8cc67)cccc5cc4cc3cc2c1. The molecular weight excluding hydrogens is 480 g/mol. The van der Waals surface area contributed by atoms with Crippen LogP contribution in [-0.2, 0) is 0 Å². The fourth-order valence-electron chi connectivity index (χ4n) is 6.66. The molecule has 0 atom stereocenters. The number of fused-ring (bicyclic) bond motifs is 7. The fourth-order valence-corrected chi connectivity index (χ4v) is 6.66. The highest BCUT2D eigenvalue weighted by atomic mass is 14.1. The van der Waals surface area contributed by atoms with Crippen LogP contribution in [0.2, 0.25) is 0 Å². The van der Waals surface area contributed by atoms with E-state index in [9.17, 15) is 0 Å². The van der Waals surface area contributed by atoms with Crippen molar-refractivity contribution >= 4 is 75.4 Å². The quantitative estimate of drug-likeness (QED) is 0.195. The van der Waals surface area contributed by atoms with Gasteiger partial charge in [0.15, 0.2) is 0 Å². The predicted octanol–water partition coefficient (Wildman–Crippen LogP) is 11.4. The van der Waals surface area contributed by atoms with E-state index in [0.717, 1.165) is 0 Å². The molecule has 9 aromatic carbocycles. The van der Waals surface area contributed by atoms with E-state index >= 15 is 0 Å². The van der Waals surface area contributed by atoms with Gasteiger partial charge < -0.3 is 0 Å². The maximum atomic E-state index is 2.39. The highest BCUT2D eigenvalue weighted by Crippen LogP contribution is 2.38. The third-order valence-electron chi connectivity index (χ3n) is 8.65. The molecule has 0 spiro atoms. The molecule has 0 unspecified atom stereocenters. The minimum Gasteiger partial charge on any atom is -0.0616 e. The van der Waals surface area contributed by atoms with Gasteiger partial charge in [-0.1, -0.05) is 84.9 Å². The van der Waals surface area contributed by atoms with Crippen molar-refractivity contribution in [2.24, 2.45) is 0 Å². The molecule has 0 saturated carbocycles. The van der Waals surface area contributed by atoms with Gasteiger partial charge in [0.1, 0.15) is 0 Å². The average molecular weight is 505 g/mol. The molecule has 0 amide bonds. The number of rotatable bonds is 1. The summed E-state index contributed by atoms with van der Waals surface area (Å²) >= 11 is 0. The van der Waals surface area contributed by atoms with Crippen LogP contribution in [0, 0.1) is 0 Å². The summed E-state index contributed by atoms with van der Waals surface area (Å²) < 4.78 is 0. The Hall–Kier alpha value is -5.20. The topological polar surface area (TPSA) is 0 Å². The molecule has 9 rings (SSSR count). The van der Waals surface area contributed by atoms with Gasteiger partial charge in [-0.2, -0.15) is 0 Å². The van der Waals surface area contributed by atoms with Gasteiger partial charge in [0, 0.05) is 0 Å². The van der Waals surface area contributed by atoms with E-state index in [1.807, 2.05) is 0 Å². The van der Waals surface area contributed by atoms with Crippen molar-refractivity contribution in [3.05, 3.63) is 146 Å². The summed E-state index contributed by atoms with van der Waals surface area (Å²) in [6.07, 6.45) is 0. The molecule has 0 aliphatic carbocycles. The van der Waals surface area contributed by atoms with Crippen LogP contribution in [0.5, 0.6) is 0 Å². The molecule has 9 aromatic rings. The minimum atomic E-state index is 1.27. The van der Waals surface area contributed by atoms with Crippen molar-refractivity contribution in [1.82, 2.24) is 0 Å². The molecule has 0 nitrogen and oxygen atoms in total. The number of hydrogen-bond acceptors (Lipinski definition) is 0. The smallest absolute Gasteiger partial charge is 0.00988 e. The Morgan fingerprint density at radius 3 is 0.850 bits per heavy atom. The zero-order chi connectivity index (χ0) is 26.2. The van der Waals surface area contributed by atoms with Crippen molar-refractivity contribution in [3.8, 4) is 11.1 Å².